The predicted molar refractivity (Wildman–Crippen MR) is 113 cm³/mol. The number of rotatable bonds is 11. The van der Waals surface area contributed by atoms with Crippen molar-refractivity contribution in [2.75, 3.05) is 0 Å². The molecule has 0 saturated carbocycles. The van der Waals surface area contributed by atoms with Crippen LogP contribution in [0.5, 0.6) is 0 Å². The lowest BCUT2D eigenvalue weighted by atomic mass is 10.0. The Hall–Kier alpha value is -2.95. The molecule has 148 valence electrons. The molecule has 0 aliphatic rings. The number of amides is 2. The monoisotopic (exact) mass is 379 g/mol. The number of carbonyl (C=O) groups excluding carboxylic acids is 2. The highest BCUT2D eigenvalue weighted by molar-refractivity contribution is 6.01. The van der Waals surface area contributed by atoms with Crippen molar-refractivity contribution < 1.29 is 9.59 Å². The summed E-state index contributed by atoms with van der Waals surface area (Å²) in [5.74, 6) is -0.395. The van der Waals surface area contributed by atoms with Gasteiger partial charge in [-0.05, 0) is 24.0 Å². The van der Waals surface area contributed by atoms with Crippen LogP contribution in [0.3, 0.4) is 0 Å². The molecule has 0 aliphatic carbocycles. The lowest BCUT2D eigenvalue weighted by Crippen LogP contribution is -2.26. The second kappa shape index (κ2) is 12.4. The topological polar surface area (TPSA) is 70.6 Å². The van der Waals surface area contributed by atoms with Gasteiger partial charge in [-0.15, -0.1) is 0 Å². The summed E-state index contributed by atoms with van der Waals surface area (Å²) < 4.78 is 0. The van der Waals surface area contributed by atoms with Crippen LogP contribution < -0.4 is 10.7 Å². The van der Waals surface area contributed by atoms with Crippen LogP contribution in [0.25, 0.3) is 0 Å². The summed E-state index contributed by atoms with van der Waals surface area (Å²) in [5.41, 5.74) is 5.52. The summed E-state index contributed by atoms with van der Waals surface area (Å²) in [4.78, 5) is 24.0. The molecular formula is C23H29N3O2. The second-order valence-corrected chi connectivity index (χ2v) is 6.68. The maximum absolute atomic E-state index is 12.1. The van der Waals surface area contributed by atoms with E-state index in [0.717, 1.165) is 42.5 Å². The zero-order chi connectivity index (χ0) is 20.0. The molecule has 0 spiro atoms. The molecule has 0 saturated heterocycles. The Labute approximate surface area is 167 Å². The average molecular weight is 380 g/mol. The predicted octanol–water partition coefficient (Wildman–Crippen LogP) is 4.18. The molecule has 0 fully saturated rings. The fourth-order valence-corrected chi connectivity index (χ4v) is 2.74. The lowest BCUT2D eigenvalue weighted by molar-refractivity contribution is -0.126. The quantitative estimate of drug-likeness (QED) is 0.349. The summed E-state index contributed by atoms with van der Waals surface area (Å²) in [6, 6.07) is 19.6. The minimum atomic E-state index is -0.251. The van der Waals surface area contributed by atoms with Gasteiger partial charge in [0, 0.05) is 19.4 Å². The largest absolute Gasteiger partial charge is 0.352 e. The van der Waals surface area contributed by atoms with Gasteiger partial charge in [0.1, 0.15) is 0 Å². The Bertz CT molecular complexity index is 758. The molecule has 2 rings (SSSR count). The van der Waals surface area contributed by atoms with Gasteiger partial charge in [0.2, 0.25) is 11.8 Å². The van der Waals surface area contributed by atoms with Crippen molar-refractivity contribution in [1.29, 1.82) is 0 Å². The Morgan fingerprint density at radius 1 is 0.821 bits per heavy atom. The molecule has 0 heterocycles. The Kier molecular flexibility index (Phi) is 9.49. The number of benzene rings is 2. The van der Waals surface area contributed by atoms with Gasteiger partial charge in [-0.3, -0.25) is 9.59 Å². The fraction of sp³-hybridized carbons (Fsp3) is 0.348. The molecular weight excluding hydrogens is 350 g/mol. The molecule has 0 bridgehead atoms. The highest BCUT2D eigenvalue weighted by Crippen LogP contribution is 2.09. The summed E-state index contributed by atoms with van der Waals surface area (Å²) in [6.07, 6.45) is 4.36. The van der Waals surface area contributed by atoms with Crippen molar-refractivity contribution in [1.82, 2.24) is 10.7 Å². The Balaban J connectivity index is 1.79. The molecule has 0 unspecified atom stereocenters. The first-order valence-electron chi connectivity index (χ1n) is 9.90. The van der Waals surface area contributed by atoms with E-state index in [1.165, 1.54) is 0 Å². The molecule has 2 aromatic rings. The van der Waals surface area contributed by atoms with Crippen LogP contribution in [-0.2, 0) is 16.1 Å². The van der Waals surface area contributed by atoms with Crippen LogP contribution in [0, 0.1) is 0 Å². The smallest absolute Gasteiger partial charge is 0.240 e. The van der Waals surface area contributed by atoms with E-state index in [-0.39, 0.29) is 24.7 Å². The third-order valence-electron chi connectivity index (χ3n) is 4.35. The third-order valence-corrected chi connectivity index (χ3v) is 4.35. The van der Waals surface area contributed by atoms with Crippen molar-refractivity contribution >= 4 is 17.5 Å². The second-order valence-electron chi connectivity index (χ2n) is 6.68. The van der Waals surface area contributed by atoms with Gasteiger partial charge < -0.3 is 5.32 Å². The number of unbranched alkanes of at least 4 members (excludes halogenated alkanes) is 2. The zero-order valence-electron chi connectivity index (χ0n) is 16.5. The number of hydrazone groups is 1. The van der Waals surface area contributed by atoms with Gasteiger partial charge in [0.05, 0.1) is 5.71 Å². The van der Waals surface area contributed by atoms with E-state index in [9.17, 15) is 9.59 Å². The highest BCUT2D eigenvalue weighted by Gasteiger charge is 2.08. The van der Waals surface area contributed by atoms with Gasteiger partial charge in [-0.1, -0.05) is 80.4 Å². The van der Waals surface area contributed by atoms with Gasteiger partial charge in [-0.25, -0.2) is 5.43 Å². The van der Waals surface area contributed by atoms with E-state index < -0.39 is 0 Å². The summed E-state index contributed by atoms with van der Waals surface area (Å²) in [5, 5.41) is 7.15. The van der Waals surface area contributed by atoms with Crippen molar-refractivity contribution in [3.63, 3.8) is 0 Å². The van der Waals surface area contributed by atoms with E-state index in [2.05, 4.69) is 22.8 Å². The standard InChI is InChI=1S/C23H29N3O2/c1-2-3-6-15-21(20-13-9-5-10-14-20)25-26-23(28)17-16-22(27)24-18-19-11-7-4-8-12-19/h4-5,7-14H,2-3,6,15-18H2,1H3,(H,24,27)(H,26,28)/b25-21-. The van der Waals surface area contributed by atoms with E-state index in [1.54, 1.807) is 0 Å². The van der Waals surface area contributed by atoms with E-state index in [4.69, 9.17) is 0 Å². The molecule has 0 radical (unpaired) electrons. The van der Waals surface area contributed by atoms with Gasteiger partial charge >= 0.3 is 0 Å². The number of carbonyl (C=O) groups is 2. The minimum Gasteiger partial charge on any atom is -0.352 e. The van der Waals surface area contributed by atoms with Crippen LogP contribution in [0.1, 0.15) is 56.6 Å². The molecule has 2 N–H and O–H groups in total. The minimum absolute atomic E-state index is 0.112. The van der Waals surface area contributed by atoms with Gasteiger partial charge in [0.15, 0.2) is 0 Å². The Morgan fingerprint density at radius 2 is 1.46 bits per heavy atom. The molecule has 2 amide bonds. The molecule has 2 aromatic carbocycles. The molecule has 0 aliphatic heterocycles. The average Bonchev–Trinajstić information content (AvgIpc) is 2.74. The summed E-state index contributed by atoms with van der Waals surface area (Å²) in [7, 11) is 0. The summed E-state index contributed by atoms with van der Waals surface area (Å²) >= 11 is 0. The van der Waals surface area contributed by atoms with Crippen LogP contribution >= 0.6 is 0 Å². The summed E-state index contributed by atoms with van der Waals surface area (Å²) in [6.45, 7) is 2.62. The maximum Gasteiger partial charge on any atom is 0.240 e. The first-order chi connectivity index (χ1) is 13.7. The lowest BCUT2D eigenvalue weighted by Gasteiger charge is -2.08. The number of nitrogens with one attached hydrogen (secondary N) is 2. The first-order valence-corrected chi connectivity index (χ1v) is 9.90. The van der Waals surface area contributed by atoms with E-state index in [0.29, 0.717) is 6.54 Å². The molecule has 5 heteroatoms. The maximum atomic E-state index is 12.1. The van der Waals surface area contributed by atoms with Crippen molar-refractivity contribution in [3.05, 3.63) is 71.8 Å². The highest BCUT2D eigenvalue weighted by atomic mass is 16.2. The zero-order valence-corrected chi connectivity index (χ0v) is 16.5. The molecule has 28 heavy (non-hydrogen) atoms. The molecule has 0 aromatic heterocycles. The van der Waals surface area contributed by atoms with Crippen molar-refractivity contribution in [2.24, 2.45) is 5.10 Å². The Morgan fingerprint density at radius 3 is 2.14 bits per heavy atom. The van der Waals surface area contributed by atoms with Crippen LogP contribution in [-0.4, -0.2) is 17.5 Å². The van der Waals surface area contributed by atoms with Crippen LogP contribution in [0.15, 0.2) is 65.8 Å². The number of hydrogen-bond acceptors (Lipinski definition) is 3. The fourth-order valence-electron chi connectivity index (χ4n) is 2.74. The van der Waals surface area contributed by atoms with Crippen LogP contribution in [0.4, 0.5) is 0 Å². The van der Waals surface area contributed by atoms with Crippen LogP contribution in [0.2, 0.25) is 0 Å². The van der Waals surface area contributed by atoms with Gasteiger partial charge in [-0.2, -0.15) is 5.10 Å². The van der Waals surface area contributed by atoms with Gasteiger partial charge in [0.25, 0.3) is 0 Å². The first kappa shape index (κ1) is 21.4. The molecule has 0 atom stereocenters. The number of nitrogens with zero attached hydrogens (tertiary/aromatic N) is 1. The molecule has 5 nitrogen and oxygen atoms in total. The van der Waals surface area contributed by atoms with E-state index >= 15 is 0 Å². The van der Waals surface area contributed by atoms with E-state index in [1.807, 2.05) is 60.7 Å². The number of hydrogen-bond donors (Lipinski definition) is 2. The third kappa shape index (κ3) is 8.16. The van der Waals surface area contributed by atoms with Crippen molar-refractivity contribution in [2.45, 2.75) is 52.0 Å². The normalized spacial score (nSPS) is 11.1. The van der Waals surface area contributed by atoms with Crippen molar-refractivity contribution in [3.8, 4) is 0 Å². The SMILES string of the molecule is CCCCC/C(=N/NC(=O)CCC(=O)NCc1ccccc1)c1ccccc1.